The molecular weight excluding hydrogens is 450 g/mol. The summed E-state index contributed by atoms with van der Waals surface area (Å²) in [7, 11) is 0. The molecule has 0 saturated carbocycles. The van der Waals surface area contributed by atoms with Crippen molar-refractivity contribution < 1.29 is 0 Å². The molecule has 0 aliphatic carbocycles. The van der Waals surface area contributed by atoms with Crippen LogP contribution in [-0.2, 0) is 12.3 Å². The van der Waals surface area contributed by atoms with Crippen LogP contribution in [0.2, 0.25) is 5.02 Å². The quantitative estimate of drug-likeness (QED) is 0.329. The topological polar surface area (TPSA) is 65.6 Å². The van der Waals surface area contributed by atoms with Gasteiger partial charge in [0.15, 0.2) is 11.0 Å². The number of benzene rings is 2. The molecule has 0 saturated heterocycles. The third-order valence-electron chi connectivity index (χ3n) is 4.73. The molecule has 0 bridgehead atoms. The average Bonchev–Trinajstić information content (AvgIpc) is 3.34. The largest absolute Gasteiger partial charge is 0.308 e. The van der Waals surface area contributed by atoms with Gasteiger partial charge in [-0.05, 0) is 42.0 Å². The molecule has 0 aliphatic heterocycles. The molecule has 0 aliphatic rings. The number of halogens is 1. The lowest BCUT2D eigenvalue weighted by atomic mass is 10.3. The highest BCUT2D eigenvalue weighted by molar-refractivity contribution is 7.98. The maximum atomic E-state index is 12.7. The van der Waals surface area contributed by atoms with E-state index in [9.17, 15) is 4.79 Å². The van der Waals surface area contributed by atoms with Gasteiger partial charge in [-0.2, -0.15) is 0 Å². The van der Waals surface area contributed by atoms with Gasteiger partial charge in [-0.3, -0.25) is 18.9 Å². The summed E-state index contributed by atoms with van der Waals surface area (Å²) in [5.74, 6) is 1.37. The lowest BCUT2D eigenvalue weighted by Gasteiger charge is -2.11. The van der Waals surface area contributed by atoms with Crippen molar-refractivity contribution in [1.29, 1.82) is 0 Å². The highest BCUT2D eigenvalue weighted by atomic mass is 35.5. The van der Waals surface area contributed by atoms with Gasteiger partial charge in [0.1, 0.15) is 0 Å². The molecule has 3 heterocycles. The zero-order valence-corrected chi connectivity index (χ0v) is 18.6. The molecule has 0 N–H and O–H groups in total. The van der Waals surface area contributed by atoms with Crippen LogP contribution in [0, 0.1) is 0 Å². The number of pyridine rings is 1. The Morgan fingerprint density at radius 1 is 1.03 bits per heavy atom. The van der Waals surface area contributed by atoms with Crippen molar-refractivity contribution in [3.05, 3.63) is 99.1 Å². The molecule has 6 nitrogen and oxygen atoms in total. The van der Waals surface area contributed by atoms with Crippen molar-refractivity contribution in [3.8, 4) is 5.69 Å². The minimum Gasteiger partial charge on any atom is -0.291 e. The van der Waals surface area contributed by atoms with E-state index >= 15 is 0 Å². The number of hydrogen-bond donors (Lipinski definition) is 0. The Bertz CT molecular complexity index is 1410. The second-order valence-corrected chi connectivity index (χ2v) is 9.16. The van der Waals surface area contributed by atoms with E-state index < -0.39 is 0 Å². The van der Waals surface area contributed by atoms with E-state index in [-0.39, 0.29) is 4.87 Å². The first-order valence-electron chi connectivity index (χ1n) is 9.49. The van der Waals surface area contributed by atoms with Gasteiger partial charge in [-0.15, -0.1) is 10.2 Å². The van der Waals surface area contributed by atoms with Gasteiger partial charge in [0.25, 0.3) is 0 Å². The number of thioether (sulfide) groups is 1. The van der Waals surface area contributed by atoms with Crippen LogP contribution in [0.15, 0.2) is 83.0 Å². The van der Waals surface area contributed by atoms with E-state index in [1.807, 2.05) is 71.4 Å². The first-order chi connectivity index (χ1) is 15.2. The van der Waals surface area contributed by atoms with Gasteiger partial charge in [-0.1, -0.05) is 59.0 Å². The summed E-state index contributed by atoms with van der Waals surface area (Å²) in [6, 6.07) is 19.3. The van der Waals surface area contributed by atoms with Crippen molar-refractivity contribution in [2.24, 2.45) is 0 Å². The number of thiazole rings is 1. The van der Waals surface area contributed by atoms with E-state index in [0.717, 1.165) is 26.6 Å². The van der Waals surface area contributed by atoms with Crippen LogP contribution in [0.25, 0.3) is 15.9 Å². The van der Waals surface area contributed by atoms with E-state index in [2.05, 4.69) is 15.2 Å². The predicted molar refractivity (Wildman–Crippen MR) is 125 cm³/mol. The second-order valence-electron chi connectivity index (χ2n) is 6.79. The Hall–Kier alpha value is -2.94. The van der Waals surface area contributed by atoms with Crippen LogP contribution in [-0.4, -0.2) is 24.3 Å². The second kappa shape index (κ2) is 8.66. The van der Waals surface area contributed by atoms with E-state index in [1.165, 1.54) is 11.3 Å². The number of aromatic nitrogens is 5. The summed E-state index contributed by atoms with van der Waals surface area (Å²) in [6.45, 7) is 0.315. The Morgan fingerprint density at radius 3 is 2.77 bits per heavy atom. The summed E-state index contributed by atoms with van der Waals surface area (Å²) in [5, 5.41) is 10.2. The molecular formula is C22H16ClN5OS2. The summed E-state index contributed by atoms with van der Waals surface area (Å²) < 4.78 is 4.65. The fraction of sp³-hybridized carbons (Fsp3) is 0.0909. The molecule has 0 spiro atoms. The molecule has 2 aromatic carbocycles. The fourth-order valence-electron chi connectivity index (χ4n) is 3.31. The van der Waals surface area contributed by atoms with Crippen molar-refractivity contribution in [2.75, 3.05) is 0 Å². The zero-order chi connectivity index (χ0) is 21.2. The van der Waals surface area contributed by atoms with Gasteiger partial charge in [-0.25, -0.2) is 0 Å². The maximum absolute atomic E-state index is 12.7. The van der Waals surface area contributed by atoms with Gasteiger partial charge in [0.05, 0.1) is 22.4 Å². The van der Waals surface area contributed by atoms with Gasteiger partial charge >= 0.3 is 4.87 Å². The van der Waals surface area contributed by atoms with Gasteiger partial charge in [0.2, 0.25) is 0 Å². The molecule has 0 amide bonds. The molecule has 9 heteroatoms. The van der Waals surface area contributed by atoms with Crippen LogP contribution < -0.4 is 4.87 Å². The maximum Gasteiger partial charge on any atom is 0.308 e. The zero-order valence-electron chi connectivity index (χ0n) is 16.2. The Balaban J connectivity index is 1.56. The van der Waals surface area contributed by atoms with Gasteiger partial charge in [0, 0.05) is 23.2 Å². The summed E-state index contributed by atoms with van der Waals surface area (Å²) in [5.41, 5.74) is 2.84. The van der Waals surface area contributed by atoms with Crippen molar-refractivity contribution in [2.45, 2.75) is 17.5 Å². The summed E-state index contributed by atoms with van der Waals surface area (Å²) >= 11 is 9.06. The molecule has 5 rings (SSSR count). The Morgan fingerprint density at radius 2 is 1.94 bits per heavy atom. The molecule has 5 aromatic rings. The highest BCUT2D eigenvalue weighted by Gasteiger charge is 2.18. The lowest BCUT2D eigenvalue weighted by Crippen LogP contribution is -2.16. The van der Waals surface area contributed by atoms with Crippen LogP contribution >= 0.6 is 34.7 Å². The molecule has 154 valence electrons. The molecule has 0 radical (unpaired) electrons. The summed E-state index contributed by atoms with van der Waals surface area (Å²) in [4.78, 5) is 16.8. The van der Waals surface area contributed by atoms with E-state index in [1.54, 1.807) is 22.5 Å². The molecule has 3 aromatic heterocycles. The number of nitrogens with zero attached hydrogens (tertiary/aromatic N) is 5. The molecule has 0 atom stereocenters. The fourth-order valence-corrected chi connectivity index (χ4v) is 5.29. The van der Waals surface area contributed by atoms with Crippen LogP contribution in [0.5, 0.6) is 0 Å². The summed E-state index contributed by atoms with van der Waals surface area (Å²) in [6.07, 6.45) is 3.59. The highest BCUT2D eigenvalue weighted by Crippen LogP contribution is 2.27. The standard InChI is InChI=1S/C22H16ClN5OS2/c23-16-6-3-7-17(11-16)28-20(13-27-18-8-1-2-9-19(18)31-22(27)29)25-26-21(28)30-14-15-5-4-10-24-12-15/h1-12H,13-14H2. The molecule has 0 fully saturated rings. The number of rotatable bonds is 6. The predicted octanol–water partition coefficient (Wildman–Crippen LogP) is 5.03. The number of para-hydroxylation sites is 1. The van der Waals surface area contributed by atoms with E-state index in [4.69, 9.17) is 11.6 Å². The monoisotopic (exact) mass is 465 g/mol. The smallest absolute Gasteiger partial charge is 0.291 e. The van der Waals surface area contributed by atoms with E-state index in [0.29, 0.717) is 23.1 Å². The SMILES string of the molecule is O=c1sc2ccccc2n1Cc1nnc(SCc2cccnc2)n1-c1cccc(Cl)c1. The lowest BCUT2D eigenvalue weighted by molar-refractivity contribution is 0.726. The third kappa shape index (κ3) is 4.14. The van der Waals surface area contributed by atoms with Crippen molar-refractivity contribution in [1.82, 2.24) is 24.3 Å². The molecule has 31 heavy (non-hydrogen) atoms. The van der Waals surface area contributed by atoms with Gasteiger partial charge < -0.3 is 0 Å². The Labute approximate surface area is 191 Å². The normalized spacial score (nSPS) is 11.3. The first-order valence-corrected chi connectivity index (χ1v) is 11.7. The van der Waals surface area contributed by atoms with Crippen molar-refractivity contribution >= 4 is 44.9 Å². The minimum absolute atomic E-state index is 0.0218. The average molecular weight is 466 g/mol. The number of fused-ring (bicyclic) bond motifs is 1. The number of hydrogen-bond acceptors (Lipinski definition) is 6. The van der Waals surface area contributed by atoms with Crippen molar-refractivity contribution in [3.63, 3.8) is 0 Å². The van der Waals surface area contributed by atoms with Crippen LogP contribution in [0.3, 0.4) is 0 Å². The molecule has 0 unspecified atom stereocenters. The van der Waals surface area contributed by atoms with Crippen LogP contribution in [0.1, 0.15) is 11.4 Å². The third-order valence-corrected chi connectivity index (χ3v) is 6.93. The first kappa shape index (κ1) is 20.0. The van der Waals surface area contributed by atoms with Crippen LogP contribution in [0.4, 0.5) is 0 Å². The minimum atomic E-state index is -0.0218. The Kier molecular flexibility index (Phi) is 5.59.